The van der Waals surface area contributed by atoms with Gasteiger partial charge >= 0.3 is 12.0 Å². The van der Waals surface area contributed by atoms with E-state index < -0.39 is 24.5 Å². The van der Waals surface area contributed by atoms with Gasteiger partial charge in [-0.3, -0.25) is 19.3 Å². The summed E-state index contributed by atoms with van der Waals surface area (Å²) in [5.74, 6) is -1.31. The number of benzene rings is 2. The van der Waals surface area contributed by atoms with Crippen LogP contribution in [-0.2, 0) is 25.5 Å². The van der Waals surface area contributed by atoms with Crippen LogP contribution in [0.25, 0.3) is 0 Å². The third-order valence-electron chi connectivity index (χ3n) is 4.59. The first-order valence-corrected chi connectivity index (χ1v) is 9.68. The van der Waals surface area contributed by atoms with Crippen molar-refractivity contribution in [2.75, 3.05) is 25.0 Å². The van der Waals surface area contributed by atoms with Gasteiger partial charge in [0.2, 0.25) is 5.91 Å². The number of ether oxygens (including phenoxy) is 1. The Morgan fingerprint density at radius 3 is 2.50 bits per heavy atom. The van der Waals surface area contributed by atoms with Gasteiger partial charge < -0.3 is 15.4 Å². The number of hydrogen-bond acceptors (Lipinski definition) is 5. The molecule has 3 rings (SSSR count). The van der Waals surface area contributed by atoms with E-state index in [0.717, 1.165) is 16.0 Å². The standard InChI is InChI=1S/C22H23N3O5/c26-19(15-30-21(28)11-6-12-25-20(27)14-23-22(25)29)24-18-10-5-4-9-17(18)13-16-7-2-1-3-8-16/h1-5,7-10H,6,11-15H2,(H,23,29)(H,24,26). The number of esters is 1. The highest BCUT2D eigenvalue weighted by Gasteiger charge is 2.27. The number of imide groups is 1. The van der Waals surface area contributed by atoms with Crippen LogP contribution in [0.15, 0.2) is 54.6 Å². The van der Waals surface area contributed by atoms with E-state index in [1.54, 1.807) is 6.07 Å². The van der Waals surface area contributed by atoms with Gasteiger partial charge in [0, 0.05) is 18.7 Å². The summed E-state index contributed by atoms with van der Waals surface area (Å²) >= 11 is 0. The van der Waals surface area contributed by atoms with E-state index >= 15 is 0 Å². The second-order valence-corrected chi connectivity index (χ2v) is 6.84. The lowest BCUT2D eigenvalue weighted by Crippen LogP contribution is -2.32. The predicted octanol–water partition coefficient (Wildman–Crippen LogP) is 2.09. The SMILES string of the molecule is O=C(COC(=O)CCCN1C(=O)CNC1=O)Nc1ccccc1Cc1ccccc1. The van der Waals surface area contributed by atoms with E-state index in [2.05, 4.69) is 10.6 Å². The normalized spacial score (nSPS) is 13.1. The summed E-state index contributed by atoms with van der Waals surface area (Å²) in [7, 11) is 0. The quantitative estimate of drug-likeness (QED) is 0.487. The number of hydrogen-bond donors (Lipinski definition) is 2. The van der Waals surface area contributed by atoms with Crippen molar-refractivity contribution in [3.05, 3.63) is 65.7 Å². The first kappa shape index (κ1) is 21.0. The minimum Gasteiger partial charge on any atom is -0.456 e. The van der Waals surface area contributed by atoms with Gasteiger partial charge in [-0.15, -0.1) is 0 Å². The molecule has 2 N–H and O–H groups in total. The molecule has 1 fully saturated rings. The monoisotopic (exact) mass is 409 g/mol. The number of rotatable bonds is 9. The molecule has 1 aliphatic rings. The number of carbonyl (C=O) groups is 4. The third-order valence-corrected chi connectivity index (χ3v) is 4.59. The Bertz CT molecular complexity index is 913. The molecule has 8 nitrogen and oxygen atoms in total. The number of carbonyl (C=O) groups excluding carboxylic acids is 4. The average Bonchev–Trinajstić information content (AvgIpc) is 3.06. The third kappa shape index (κ3) is 5.91. The highest BCUT2D eigenvalue weighted by atomic mass is 16.5. The molecular weight excluding hydrogens is 386 g/mol. The van der Waals surface area contributed by atoms with E-state index in [1.807, 2.05) is 48.5 Å². The summed E-state index contributed by atoms with van der Waals surface area (Å²) < 4.78 is 5.00. The highest BCUT2D eigenvalue weighted by Crippen LogP contribution is 2.19. The Morgan fingerprint density at radius 1 is 1.03 bits per heavy atom. The molecule has 0 saturated carbocycles. The second-order valence-electron chi connectivity index (χ2n) is 6.84. The van der Waals surface area contributed by atoms with Crippen LogP contribution in [0.3, 0.4) is 0 Å². The van der Waals surface area contributed by atoms with E-state index in [4.69, 9.17) is 4.74 Å². The van der Waals surface area contributed by atoms with Crippen LogP contribution in [0.1, 0.15) is 24.0 Å². The highest BCUT2D eigenvalue weighted by molar-refractivity contribution is 6.01. The fourth-order valence-electron chi connectivity index (χ4n) is 3.08. The second kappa shape index (κ2) is 10.2. The maximum atomic E-state index is 12.2. The number of amides is 4. The average molecular weight is 409 g/mol. The molecule has 30 heavy (non-hydrogen) atoms. The van der Waals surface area contributed by atoms with Crippen molar-refractivity contribution in [3.63, 3.8) is 0 Å². The predicted molar refractivity (Wildman–Crippen MR) is 110 cm³/mol. The molecule has 2 aromatic carbocycles. The fourth-order valence-corrected chi connectivity index (χ4v) is 3.08. The Labute approximate surface area is 174 Å². The summed E-state index contributed by atoms with van der Waals surface area (Å²) in [6, 6.07) is 16.9. The molecule has 8 heteroatoms. The smallest absolute Gasteiger partial charge is 0.324 e. The summed E-state index contributed by atoms with van der Waals surface area (Å²) in [6.45, 7) is -0.282. The van der Waals surface area contributed by atoms with Crippen molar-refractivity contribution in [1.29, 1.82) is 0 Å². The summed E-state index contributed by atoms with van der Waals surface area (Å²) in [6.07, 6.45) is 0.953. The number of urea groups is 1. The van der Waals surface area contributed by atoms with Crippen molar-refractivity contribution >= 4 is 29.5 Å². The molecule has 1 heterocycles. The molecular formula is C22H23N3O5. The number of nitrogens with zero attached hydrogens (tertiary/aromatic N) is 1. The summed E-state index contributed by atoms with van der Waals surface area (Å²) in [5.41, 5.74) is 2.74. The van der Waals surface area contributed by atoms with Crippen molar-refractivity contribution in [1.82, 2.24) is 10.2 Å². The maximum absolute atomic E-state index is 12.2. The van der Waals surface area contributed by atoms with Gasteiger partial charge in [0.25, 0.3) is 5.91 Å². The zero-order valence-corrected chi connectivity index (χ0v) is 16.4. The summed E-state index contributed by atoms with van der Waals surface area (Å²) in [4.78, 5) is 48.0. The minimum absolute atomic E-state index is 0.00886. The molecule has 1 saturated heterocycles. The van der Waals surface area contributed by atoms with Gasteiger partial charge in [0.15, 0.2) is 6.61 Å². The van der Waals surface area contributed by atoms with Crippen LogP contribution in [0.2, 0.25) is 0 Å². The molecule has 4 amide bonds. The van der Waals surface area contributed by atoms with E-state index in [-0.39, 0.29) is 31.8 Å². The minimum atomic E-state index is -0.560. The van der Waals surface area contributed by atoms with Crippen LogP contribution < -0.4 is 10.6 Å². The largest absolute Gasteiger partial charge is 0.456 e. The van der Waals surface area contributed by atoms with Crippen LogP contribution in [0.5, 0.6) is 0 Å². The molecule has 0 atom stereocenters. The van der Waals surface area contributed by atoms with Crippen molar-refractivity contribution < 1.29 is 23.9 Å². The zero-order chi connectivity index (χ0) is 21.3. The maximum Gasteiger partial charge on any atom is 0.324 e. The van der Waals surface area contributed by atoms with E-state index in [0.29, 0.717) is 12.1 Å². The van der Waals surface area contributed by atoms with Crippen molar-refractivity contribution in [2.24, 2.45) is 0 Å². The lowest BCUT2D eigenvalue weighted by Gasteiger charge is -2.12. The molecule has 0 spiro atoms. The van der Waals surface area contributed by atoms with Crippen LogP contribution in [-0.4, -0.2) is 48.4 Å². The first-order chi connectivity index (χ1) is 14.5. The molecule has 2 aromatic rings. The molecule has 0 aliphatic carbocycles. The van der Waals surface area contributed by atoms with Crippen molar-refractivity contribution in [2.45, 2.75) is 19.3 Å². The Kier molecular flexibility index (Phi) is 7.15. The van der Waals surface area contributed by atoms with Gasteiger partial charge in [-0.2, -0.15) is 0 Å². The first-order valence-electron chi connectivity index (χ1n) is 9.68. The molecule has 0 bridgehead atoms. The van der Waals surface area contributed by atoms with Gasteiger partial charge in [0.1, 0.15) is 0 Å². The number of anilines is 1. The Hall–Kier alpha value is -3.68. The van der Waals surface area contributed by atoms with E-state index in [1.165, 1.54) is 0 Å². The molecule has 0 unspecified atom stereocenters. The van der Waals surface area contributed by atoms with Crippen LogP contribution in [0, 0.1) is 0 Å². The molecule has 1 aliphatic heterocycles. The Morgan fingerprint density at radius 2 is 1.77 bits per heavy atom. The lowest BCUT2D eigenvalue weighted by molar-refractivity contribution is -0.147. The molecule has 0 radical (unpaired) electrons. The number of nitrogens with one attached hydrogen (secondary N) is 2. The van der Waals surface area contributed by atoms with Crippen molar-refractivity contribution in [3.8, 4) is 0 Å². The Balaban J connectivity index is 1.43. The molecule has 0 aromatic heterocycles. The number of para-hydroxylation sites is 1. The van der Waals surface area contributed by atoms with Gasteiger partial charge in [-0.05, 0) is 30.0 Å². The van der Waals surface area contributed by atoms with Gasteiger partial charge in [0.05, 0.1) is 6.54 Å². The topological polar surface area (TPSA) is 105 Å². The van der Waals surface area contributed by atoms with Gasteiger partial charge in [-0.25, -0.2) is 4.79 Å². The lowest BCUT2D eigenvalue weighted by atomic mass is 10.0. The summed E-state index contributed by atoms with van der Waals surface area (Å²) in [5, 5.41) is 5.19. The van der Waals surface area contributed by atoms with Crippen LogP contribution in [0.4, 0.5) is 10.5 Å². The van der Waals surface area contributed by atoms with Crippen LogP contribution >= 0.6 is 0 Å². The van der Waals surface area contributed by atoms with E-state index in [9.17, 15) is 19.2 Å². The zero-order valence-electron chi connectivity index (χ0n) is 16.4. The fraction of sp³-hybridized carbons (Fsp3) is 0.273. The molecule has 156 valence electrons. The van der Waals surface area contributed by atoms with Gasteiger partial charge in [-0.1, -0.05) is 48.5 Å².